The third kappa shape index (κ3) is 0.752. The average Bonchev–Trinajstić information content (AvgIpc) is 1.61. The van der Waals surface area contributed by atoms with Crippen molar-refractivity contribution in [3.8, 4) is 0 Å². The summed E-state index contributed by atoms with van der Waals surface area (Å²) in [4.78, 5) is 0. The van der Waals surface area contributed by atoms with E-state index in [1.165, 1.54) is 0 Å². The maximum absolute atomic E-state index is 12.3. The highest BCUT2D eigenvalue weighted by Gasteiger charge is 2.36. The number of hydrogen-bond acceptors (Lipinski definition) is 0. The Hall–Kier alpha value is -0.110. The van der Waals surface area contributed by atoms with E-state index >= 15 is 0 Å². The minimum atomic E-state index is -1.29. The number of rotatable bonds is 1. The zero-order valence-electron chi connectivity index (χ0n) is 4.11. The Morgan fingerprint density at radius 1 is 1.57 bits per heavy atom. The standard InChI is InChI=1S/C5H8FO/c6-5(4-7)2-1-3-5/h1-4H2. The minimum absolute atomic E-state index is 0.497. The second-order valence-electron chi connectivity index (χ2n) is 2.15. The first-order valence-corrected chi connectivity index (χ1v) is 2.54. The lowest BCUT2D eigenvalue weighted by atomic mass is 9.83. The van der Waals surface area contributed by atoms with Gasteiger partial charge in [0, 0.05) is 0 Å². The first kappa shape index (κ1) is 5.04. The van der Waals surface area contributed by atoms with Crippen molar-refractivity contribution in [2.45, 2.75) is 24.9 Å². The SMILES string of the molecule is [O]CC1(F)CCC1. The molecule has 0 N–H and O–H groups in total. The van der Waals surface area contributed by atoms with Crippen LogP contribution < -0.4 is 0 Å². The summed E-state index contributed by atoms with van der Waals surface area (Å²) in [5.41, 5.74) is -1.29. The van der Waals surface area contributed by atoms with Crippen molar-refractivity contribution < 1.29 is 9.50 Å². The van der Waals surface area contributed by atoms with Gasteiger partial charge in [0.25, 0.3) is 0 Å². The van der Waals surface area contributed by atoms with E-state index in [1.807, 2.05) is 0 Å². The second kappa shape index (κ2) is 1.44. The Morgan fingerprint density at radius 3 is 2.14 bits per heavy atom. The molecule has 1 fully saturated rings. The first-order valence-electron chi connectivity index (χ1n) is 2.54. The highest BCUT2D eigenvalue weighted by molar-refractivity contribution is 4.86. The van der Waals surface area contributed by atoms with Gasteiger partial charge < -0.3 is 0 Å². The third-order valence-electron chi connectivity index (χ3n) is 1.51. The van der Waals surface area contributed by atoms with Gasteiger partial charge in [-0.1, -0.05) is 0 Å². The van der Waals surface area contributed by atoms with Crippen molar-refractivity contribution in [2.75, 3.05) is 6.61 Å². The van der Waals surface area contributed by atoms with Crippen molar-refractivity contribution in [1.82, 2.24) is 0 Å². The fourth-order valence-electron chi connectivity index (χ4n) is 0.705. The molecule has 2 heteroatoms. The summed E-state index contributed by atoms with van der Waals surface area (Å²) < 4.78 is 12.3. The van der Waals surface area contributed by atoms with Crippen LogP contribution in [0.3, 0.4) is 0 Å². The Morgan fingerprint density at radius 2 is 2.14 bits per heavy atom. The van der Waals surface area contributed by atoms with E-state index in [2.05, 4.69) is 0 Å². The number of halogens is 1. The van der Waals surface area contributed by atoms with E-state index in [0.29, 0.717) is 12.8 Å². The van der Waals surface area contributed by atoms with E-state index in [-0.39, 0.29) is 0 Å². The van der Waals surface area contributed by atoms with Crippen LogP contribution in [0, 0.1) is 0 Å². The molecule has 0 aromatic heterocycles. The molecule has 0 saturated heterocycles. The van der Waals surface area contributed by atoms with Crippen LogP contribution in [0.2, 0.25) is 0 Å². The molecule has 0 aromatic carbocycles. The minimum Gasteiger partial charge on any atom is -0.241 e. The zero-order chi connectivity index (χ0) is 5.33. The van der Waals surface area contributed by atoms with Gasteiger partial charge in [-0.25, -0.2) is 9.50 Å². The van der Waals surface area contributed by atoms with Gasteiger partial charge in [-0.15, -0.1) is 0 Å². The summed E-state index contributed by atoms with van der Waals surface area (Å²) in [7, 11) is 0. The molecule has 1 aliphatic carbocycles. The maximum Gasteiger partial charge on any atom is 0.137 e. The molecular weight excluding hydrogens is 95.1 g/mol. The van der Waals surface area contributed by atoms with Crippen molar-refractivity contribution in [2.24, 2.45) is 0 Å². The molecule has 0 atom stereocenters. The lowest BCUT2D eigenvalue weighted by Gasteiger charge is -2.30. The van der Waals surface area contributed by atoms with Crippen LogP contribution in [0.25, 0.3) is 0 Å². The van der Waals surface area contributed by atoms with Crippen molar-refractivity contribution in [3.05, 3.63) is 0 Å². The quantitative estimate of drug-likeness (QED) is 0.477. The molecule has 0 amide bonds. The lowest BCUT2D eigenvalue weighted by molar-refractivity contribution is -0.0257. The van der Waals surface area contributed by atoms with E-state index in [1.54, 1.807) is 0 Å². The molecule has 1 saturated carbocycles. The van der Waals surface area contributed by atoms with Crippen molar-refractivity contribution in [1.29, 1.82) is 0 Å². The molecule has 0 aliphatic heterocycles. The van der Waals surface area contributed by atoms with Crippen LogP contribution in [0.1, 0.15) is 19.3 Å². The molecule has 41 valence electrons. The van der Waals surface area contributed by atoms with Gasteiger partial charge in [-0.3, -0.25) is 0 Å². The highest BCUT2D eigenvalue weighted by atomic mass is 19.1. The molecule has 0 spiro atoms. The van der Waals surface area contributed by atoms with Crippen LogP contribution >= 0.6 is 0 Å². The van der Waals surface area contributed by atoms with E-state index < -0.39 is 12.3 Å². The summed E-state index contributed by atoms with van der Waals surface area (Å²) in [6.07, 6.45) is 1.89. The van der Waals surface area contributed by atoms with Gasteiger partial charge in [0.15, 0.2) is 0 Å². The number of alkyl halides is 1. The van der Waals surface area contributed by atoms with Crippen molar-refractivity contribution >= 4 is 0 Å². The zero-order valence-corrected chi connectivity index (χ0v) is 4.11. The van der Waals surface area contributed by atoms with Gasteiger partial charge >= 0.3 is 0 Å². The summed E-state index contributed by atoms with van der Waals surface area (Å²) in [6.45, 7) is -0.535. The largest absolute Gasteiger partial charge is 0.241 e. The van der Waals surface area contributed by atoms with Gasteiger partial charge in [0.05, 0.1) is 0 Å². The monoisotopic (exact) mass is 103 g/mol. The fraction of sp³-hybridized carbons (Fsp3) is 1.00. The summed E-state index contributed by atoms with van der Waals surface area (Å²) in [5, 5.41) is 9.86. The Kier molecular flexibility index (Phi) is 1.04. The van der Waals surface area contributed by atoms with Crippen molar-refractivity contribution in [3.63, 3.8) is 0 Å². The third-order valence-corrected chi connectivity index (χ3v) is 1.51. The van der Waals surface area contributed by atoms with Gasteiger partial charge in [0.2, 0.25) is 0 Å². The fourth-order valence-corrected chi connectivity index (χ4v) is 0.705. The number of hydrogen-bond donors (Lipinski definition) is 0. The second-order valence-corrected chi connectivity index (χ2v) is 2.15. The van der Waals surface area contributed by atoms with Crippen LogP contribution in [-0.4, -0.2) is 12.3 Å². The topological polar surface area (TPSA) is 19.9 Å². The molecule has 0 heterocycles. The molecule has 1 aliphatic rings. The van der Waals surface area contributed by atoms with Gasteiger partial charge in [-0.2, -0.15) is 0 Å². The normalized spacial score (nSPS) is 26.6. The molecule has 0 bridgehead atoms. The molecule has 1 rings (SSSR count). The summed E-state index contributed by atoms with van der Waals surface area (Å²) in [5.74, 6) is 0. The summed E-state index contributed by atoms with van der Waals surface area (Å²) >= 11 is 0. The maximum atomic E-state index is 12.3. The molecule has 0 unspecified atom stereocenters. The Bertz CT molecular complexity index is 63.0. The molecule has 1 radical (unpaired) electrons. The Balaban J connectivity index is 2.29. The molecule has 0 aromatic rings. The highest BCUT2D eigenvalue weighted by Crippen LogP contribution is 2.34. The lowest BCUT2D eigenvalue weighted by Crippen LogP contribution is -2.34. The van der Waals surface area contributed by atoms with Gasteiger partial charge in [-0.05, 0) is 19.3 Å². The van der Waals surface area contributed by atoms with E-state index in [4.69, 9.17) is 0 Å². The van der Waals surface area contributed by atoms with Crippen LogP contribution in [0.4, 0.5) is 4.39 Å². The summed E-state index contributed by atoms with van der Waals surface area (Å²) in [6, 6.07) is 0. The van der Waals surface area contributed by atoms with E-state index in [9.17, 15) is 9.50 Å². The molecular formula is C5H8FO. The Labute approximate surface area is 42.2 Å². The van der Waals surface area contributed by atoms with E-state index in [0.717, 1.165) is 6.42 Å². The average molecular weight is 103 g/mol. The van der Waals surface area contributed by atoms with Gasteiger partial charge in [0.1, 0.15) is 12.3 Å². The van der Waals surface area contributed by atoms with Crippen LogP contribution in [0.15, 0.2) is 0 Å². The molecule has 7 heavy (non-hydrogen) atoms. The smallest absolute Gasteiger partial charge is 0.137 e. The molecule has 1 nitrogen and oxygen atoms in total. The first-order chi connectivity index (χ1) is 3.27. The predicted molar refractivity (Wildman–Crippen MR) is 23.2 cm³/mol. The van der Waals surface area contributed by atoms with Crippen LogP contribution in [0.5, 0.6) is 0 Å². The van der Waals surface area contributed by atoms with Crippen LogP contribution in [-0.2, 0) is 5.11 Å². The predicted octanol–water partition coefficient (Wildman–Crippen LogP) is 1.31.